The molecular weight excluding hydrogens is 322 g/mol. The summed E-state index contributed by atoms with van der Waals surface area (Å²) in [6, 6.07) is 9.01. The molecule has 2 heterocycles. The molecule has 0 aliphatic heterocycles. The van der Waals surface area contributed by atoms with E-state index in [0.29, 0.717) is 34.8 Å². The molecule has 0 unspecified atom stereocenters. The molecule has 0 spiro atoms. The molecule has 3 aromatic rings. The number of aromatic nitrogens is 3. The first kappa shape index (κ1) is 16.9. The van der Waals surface area contributed by atoms with Gasteiger partial charge in [-0.05, 0) is 37.3 Å². The number of methoxy groups -OCH3 is 1. The second-order valence-electron chi connectivity index (χ2n) is 5.46. The average molecular weight is 341 g/mol. The van der Waals surface area contributed by atoms with E-state index >= 15 is 0 Å². The molecule has 0 saturated heterocycles. The van der Waals surface area contributed by atoms with Gasteiger partial charge in [-0.2, -0.15) is 0 Å². The smallest absolute Gasteiger partial charge is 0.267 e. The molecule has 0 aliphatic carbocycles. The number of nitrogens with one attached hydrogen (secondary N) is 1. The minimum absolute atomic E-state index is 0.0564. The Morgan fingerprint density at radius 2 is 2.04 bits per heavy atom. The molecule has 4 N–H and O–H groups in total. The normalized spacial score (nSPS) is 10.9. The SMILES string of the molecule is COc1ccc(-c2cc(C(=O)NN)c3nc(C)n(CCO)c3n2)cc1. The number of nitrogens with zero attached hydrogens (tertiary/aromatic N) is 3. The zero-order valence-electron chi connectivity index (χ0n) is 14.0. The zero-order chi connectivity index (χ0) is 18.0. The summed E-state index contributed by atoms with van der Waals surface area (Å²) in [5.41, 5.74) is 4.88. The van der Waals surface area contributed by atoms with Crippen molar-refractivity contribution in [2.24, 2.45) is 5.84 Å². The molecule has 8 heteroatoms. The molecule has 3 rings (SSSR count). The fourth-order valence-electron chi connectivity index (χ4n) is 2.73. The van der Waals surface area contributed by atoms with Gasteiger partial charge in [0.05, 0.1) is 25.0 Å². The van der Waals surface area contributed by atoms with Crippen LogP contribution in [0.4, 0.5) is 0 Å². The number of benzene rings is 1. The minimum atomic E-state index is -0.448. The quantitative estimate of drug-likeness (QED) is 0.362. The van der Waals surface area contributed by atoms with Gasteiger partial charge in [0.15, 0.2) is 5.65 Å². The van der Waals surface area contributed by atoms with Crippen molar-refractivity contribution < 1.29 is 14.6 Å². The van der Waals surface area contributed by atoms with Crippen molar-refractivity contribution in [3.8, 4) is 17.0 Å². The number of aliphatic hydroxyl groups excluding tert-OH is 1. The highest BCUT2D eigenvalue weighted by atomic mass is 16.5. The first-order chi connectivity index (χ1) is 12.1. The van der Waals surface area contributed by atoms with Crippen LogP contribution in [0.25, 0.3) is 22.4 Å². The van der Waals surface area contributed by atoms with Crippen molar-refractivity contribution in [3.05, 3.63) is 41.7 Å². The van der Waals surface area contributed by atoms with E-state index in [0.717, 1.165) is 11.3 Å². The largest absolute Gasteiger partial charge is 0.497 e. The van der Waals surface area contributed by atoms with Crippen LogP contribution < -0.4 is 16.0 Å². The molecule has 8 nitrogen and oxygen atoms in total. The van der Waals surface area contributed by atoms with Crippen molar-refractivity contribution in [1.82, 2.24) is 20.0 Å². The standard InChI is InChI=1S/C17H19N5O3/c1-10-19-15-13(17(24)21-18)9-14(20-16(15)22(10)7-8-23)11-3-5-12(25-2)6-4-11/h3-6,9,23H,7-8,18H2,1-2H3,(H,21,24). The van der Waals surface area contributed by atoms with E-state index in [2.05, 4.69) is 15.4 Å². The first-order valence-corrected chi connectivity index (χ1v) is 7.73. The average Bonchev–Trinajstić information content (AvgIpc) is 2.96. The summed E-state index contributed by atoms with van der Waals surface area (Å²) in [6.45, 7) is 2.08. The van der Waals surface area contributed by atoms with Crippen molar-refractivity contribution in [2.75, 3.05) is 13.7 Å². The van der Waals surface area contributed by atoms with Crippen LogP contribution >= 0.6 is 0 Å². The van der Waals surface area contributed by atoms with Gasteiger partial charge in [-0.25, -0.2) is 15.8 Å². The third kappa shape index (κ3) is 3.04. The fraction of sp³-hybridized carbons (Fsp3) is 0.235. The topological polar surface area (TPSA) is 115 Å². The lowest BCUT2D eigenvalue weighted by Crippen LogP contribution is -2.30. The molecule has 0 bridgehead atoms. The van der Waals surface area contributed by atoms with Gasteiger partial charge < -0.3 is 14.4 Å². The summed E-state index contributed by atoms with van der Waals surface area (Å²) < 4.78 is 6.94. The van der Waals surface area contributed by atoms with Crippen LogP contribution in [0.15, 0.2) is 30.3 Å². The van der Waals surface area contributed by atoms with Crippen LogP contribution in [0, 0.1) is 6.92 Å². The number of hydrogen-bond acceptors (Lipinski definition) is 6. The molecule has 1 amide bonds. The van der Waals surface area contributed by atoms with Crippen LogP contribution in [0.1, 0.15) is 16.2 Å². The second-order valence-corrected chi connectivity index (χ2v) is 5.46. The number of hydrogen-bond donors (Lipinski definition) is 3. The van der Waals surface area contributed by atoms with Crippen LogP contribution in [0.3, 0.4) is 0 Å². The van der Waals surface area contributed by atoms with Crippen LogP contribution in [0.2, 0.25) is 0 Å². The predicted octanol–water partition coefficient (Wildman–Crippen LogP) is 1.01. The molecule has 0 atom stereocenters. The summed E-state index contributed by atoms with van der Waals surface area (Å²) in [5.74, 6) is 6.26. The molecular formula is C17H19N5O3. The number of carbonyl (C=O) groups excluding carboxylic acids is 1. The van der Waals surface area contributed by atoms with Crippen LogP contribution in [-0.2, 0) is 6.54 Å². The summed E-state index contributed by atoms with van der Waals surface area (Å²) >= 11 is 0. The first-order valence-electron chi connectivity index (χ1n) is 7.73. The number of hydrazine groups is 1. The van der Waals surface area contributed by atoms with E-state index in [-0.39, 0.29) is 6.61 Å². The number of fused-ring (bicyclic) bond motifs is 1. The summed E-state index contributed by atoms with van der Waals surface area (Å²) in [4.78, 5) is 21.3. The highest BCUT2D eigenvalue weighted by Gasteiger charge is 2.19. The number of amides is 1. The molecule has 25 heavy (non-hydrogen) atoms. The molecule has 0 aliphatic rings. The molecule has 2 aromatic heterocycles. The summed E-state index contributed by atoms with van der Waals surface area (Å²) in [6.07, 6.45) is 0. The Hall–Kier alpha value is -2.97. The van der Waals surface area contributed by atoms with Crippen LogP contribution in [-0.4, -0.2) is 39.3 Å². The lowest BCUT2D eigenvalue weighted by molar-refractivity contribution is 0.0955. The number of ether oxygens (including phenoxy) is 1. The van der Waals surface area contributed by atoms with Gasteiger partial charge in [0, 0.05) is 12.1 Å². The Morgan fingerprint density at radius 1 is 1.32 bits per heavy atom. The fourth-order valence-corrected chi connectivity index (χ4v) is 2.73. The Balaban J connectivity index is 2.24. The molecule has 0 fully saturated rings. The minimum Gasteiger partial charge on any atom is -0.497 e. The van der Waals surface area contributed by atoms with Gasteiger partial charge in [0.1, 0.15) is 17.1 Å². The van der Waals surface area contributed by atoms with Gasteiger partial charge in [-0.3, -0.25) is 10.2 Å². The maximum absolute atomic E-state index is 12.2. The number of pyridine rings is 1. The van der Waals surface area contributed by atoms with Gasteiger partial charge in [-0.15, -0.1) is 0 Å². The highest BCUT2D eigenvalue weighted by Crippen LogP contribution is 2.26. The molecule has 1 aromatic carbocycles. The van der Waals surface area contributed by atoms with Crippen molar-refractivity contribution >= 4 is 17.1 Å². The van der Waals surface area contributed by atoms with E-state index in [1.807, 2.05) is 24.3 Å². The number of nitrogen functional groups attached to an aromatic ring is 1. The van der Waals surface area contributed by atoms with E-state index in [4.69, 9.17) is 10.6 Å². The third-order valence-electron chi connectivity index (χ3n) is 3.98. The van der Waals surface area contributed by atoms with Gasteiger partial charge >= 0.3 is 0 Å². The molecule has 130 valence electrons. The lowest BCUT2D eigenvalue weighted by atomic mass is 10.1. The maximum atomic E-state index is 12.2. The summed E-state index contributed by atoms with van der Waals surface area (Å²) in [5, 5.41) is 9.30. The third-order valence-corrected chi connectivity index (χ3v) is 3.98. The number of aliphatic hydroxyl groups is 1. The number of rotatable bonds is 5. The van der Waals surface area contributed by atoms with E-state index in [1.165, 1.54) is 0 Å². The van der Waals surface area contributed by atoms with Gasteiger partial charge in [0.25, 0.3) is 5.91 Å². The molecule has 0 radical (unpaired) electrons. The Labute approximate surface area is 144 Å². The zero-order valence-corrected chi connectivity index (χ0v) is 14.0. The number of aryl methyl sites for hydroxylation is 1. The van der Waals surface area contributed by atoms with Crippen molar-refractivity contribution in [1.29, 1.82) is 0 Å². The predicted molar refractivity (Wildman–Crippen MR) is 93.0 cm³/mol. The molecule has 0 saturated carbocycles. The van der Waals surface area contributed by atoms with Crippen molar-refractivity contribution in [3.63, 3.8) is 0 Å². The van der Waals surface area contributed by atoms with Crippen molar-refractivity contribution in [2.45, 2.75) is 13.5 Å². The van der Waals surface area contributed by atoms with Crippen LogP contribution in [0.5, 0.6) is 5.75 Å². The van der Waals surface area contributed by atoms with Gasteiger partial charge in [-0.1, -0.05) is 0 Å². The summed E-state index contributed by atoms with van der Waals surface area (Å²) in [7, 11) is 1.60. The van der Waals surface area contributed by atoms with Gasteiger partial charge in [0.2, 0.25) is 0 Å². The second kappa shape index (κ2) is 6.88. The Kier molecular flexibility index (Phi) is 4.64. The number of nitrogens with two attached hydrogens (primary N) is 1. The lowest BCUT2D eigenvalue weighted by Gasteiger charge is -2.08. The van der Waals surface area contributed by atoms with E-state index in [9.17, 15) is 9.90 Å². The maximum Gasteiger partial charge on any atom is 0.267 e. The highest BCUT2D eigenvalue weighted by molar-refractivity contribution is 6.05. The van der Waals surface area contributed by atoms with E-state index < -0.39 is 5.91 Å². The van der Waals surface area contributed by atoms with E-state index in [1.54, 1.807) is 24.7 Å². The number of carbonyl (C=O) groups is 1. The number of imidazole rings is 1. The monoisotopic (exact) mass is 341 g/mol. The Morgan fingerprint density at radius 3 is 2.64 bits per heavy atom. The Bertz CT molecular complexity index is 918.